The van der Waals surface area contributed by atoms with Crippen LogP contribution >= 0.6 is 15.9 Å². The molecule has 0 amide bonds. The first kappa shape index (κ1) is 13.8. The van der Waals surface area contributed by atoms with Gasteiger partial charge < -0.3 is 9.84 Å². The van der Waals surface area contributed by atoms with Gasteiger partial charge in [-0.25, -0.2) is 9.67 Å². The van der Waals surface area contributed by atoms with Crippen LogP contribution in [0.3, 0.4) is 0 Å². The molecule has 1 N–H and O–H groups in total. The van der Waals surface area contributed by atoms with Crippen LogP contribution in [0.5, 0.6) is 0 Å². The fourth-order valence-electron chi connectivity index (χ4n) is 1.09. The number of halogens is 1. The van der Waals surface area contributed by atoms with Gasteiger partial charge in [-0.1, -0.05) is 19.6 Å². The number of aliphatic hydroxyl groups is 1. The van der Waals surface area contributed by atoms with Gasteiger partial charge in [0.2, 0.25) is 4.73 Å². The zero-order valence-electron chi connectivity index (χ0n) is 9.90. The van der Waals surface area contributed by atoms with E-state index in [9.17, 15) is 0 Å². The molecule has 0 unspecified atom stereocenters. The third-order valence-corrected chi connectivity index (χ3v) is 4.11. The quantitative estimate of drug-likeness (QED) is 0.643. The van der Waals surface area contributed by atoms with Crippen molar-refractivity contribution in [2.75, 3.05) is 6.61 Å². The summed E-state index contributed by atoms with van der Waals surface area (Å²) in [5.74, 6) is 0.514. The highest BCUT2D eigenvalue weighted by Gasteiger charge is 2.12. The number of hydrogen-bond donors (Lipinski definition) is 1. The van der Waals surface area contributed by atoms with Gasteiger partial charge in [0.15, 0.2) is 5.82 Å². The molecule has 0 saturated heterocycles. The Bertz CT molecular complexity index is 338. The summed E-state index contributed by atoms with van der Waals surface area (Å²) in [5.41, 5.74) is 0. The molecule has 0 aliphatic rings. The number of rotatable bonds is 6. The molecule has 0 bridgehead atoms. The molecule has 0 spiro atoms. The summed E-state index contributed by atoms with van der Waals surface area (Å²) in [6.45, 7) is 7.87. The monoisotopic (exact) mass is 307 g/mol. The molecule has 0 atom stereocenters. The molecule has 1 rings (SSSR count). The summed E-state index contributed by atoms with van der Waals surface area (Å²) in [4.78, 5) is 4.00. The Morgan fingerprint density at radius 1 is 1.44 bits per heavy atom. The molecule has 1 aromatic heterocycles. The van der Waals surface area contributed by atoms with Crippen LogP contribution in [0.25, 0.3) is 0 Å². The van der Waals surface area contributed by atoms with Gasteiger partial charge in [-0.15, -0.1) is 5.10 Å². The maximum absolute atomic E-state index is 9.02. The van der Waals surface area contributed by atoms with Gasteiger partial charge in [-0.05, 0) is 22.0 Å². The van der Waals surface area contributed by atoms with E-state index in [1.54, 1.807) is 4.68 Å². The Labute approximate surface area is 105 Å². The van der Waals surface area contributed by atoms with Gasteiger partial charge in [0.05, 0.1) is 0 Å². The molecule has 0 radical (unpaired) electrons. The highest BCUT2D eigenvalue weighted by Crippen LogP contribution is 2.09. The van der Waals surface area contributed by atoms with Crippen molar-refractivity contribution in [1.29, 1.82) is 0 Å². The van der Waals surface area contributed by atoms with Crippen LogP contribution < -0.4 is 0 Å². The Morgan fingerprint density at radius 3 is 2.69 bits per heavy atom. The van der Waals surface area contributed by atoms with Crippen molar-refractivity contribution in [2.45, 2.75) is 39.0 Å². The summed E-state index contributed by atoms with van der Waals surface area (Å²) in [7, 11) is -1.04. The summed E-state index contributed by atoms with van der Waals surface area (Å²) in [5, 5.41) is 13.1. The number of aromatic nitrogens is 3. The number of ether oxygens (including phenoxy) is 1. The first-order valence-corrected chi connectivity index (χ1v) is 9.70. The first-order valence-electron chi connectivity index (χ1n) is 5.20. The average molecular weight is 308 g/mol. The molecule has 0 aliphatic heterocycles. The van der Waals surface area contributed by atoms with Crippen molar-refractivity contribution in [3.8, 4) is 0 Å². The summed E-state index contributed by atoms with van der Waals surface area (Å²) in [6.07, 6.45) is 0. The molecular formula is C9H18BrN3O2Si. The van der Waals surface area contributed by atoms with Gasteiger partial charge in [0.1, 0.15) is 13.3 Å². The fraction of sp³-hybridized carbons (Fsp3) is 0.778. The predicted octanol–water partition coefficient (Wildman–Crippen LogP) is 1.85. The maximum Gasteiger partial charge on any atom is 0.217 e. The van der Waals surface area contributed by atoms with Crippen molar-refractivity contribution in [2.24, 2.45) is 0 Å². The van der Waals surface area contributed by atoms with Gasteiger partial charge in [0, 0.05) is 14.7 Å². The highest BCUT2D eigenvalue weighted by molar-refractivity contribution is 9.10. The second kappa shape index (κ2) is 5.90. The molecule has 1 heterocycles. The molecule has 1 aromatic rings. The van der Waals surface area contributed by atoms with Crippen LogP contribution in [0.15, 0.2) is 4.73 Å². The second-order valence-corrected chi connectivity index (χ2v) is 11.1. The second-order valence-electron chi connectivity index (χ2n) is 4.80. The molecule has 0 fully saturated rings. The molecular weight excluding hydrogens is 290 g/mol. The minimum Gasteiger partial charge on any atom is -0.388 e. The van der Waals surface area contributed by atoms with E-state index in [2.05, 4.69) is 45.7 Å². The lowest BCUT2D eigenvalue weighted by Gasteiger charge is -2.15. The van der Waals surface area contributed by atoms with Crippen LogP contribution in [0.4, 0.5) is 0 Å². The Hall–Kier alpha value is -0.243. The van der Waals surface area contributed by atoms with E-state index in [1.165, 1.54) is 0 Å². The van der Waals surface area contributed by atoms with Crippen LogP contribution in [-0.2, 0) is 18.1 Å². The standard InChI is InChI=1S/C9H18BrN3O2Si/c1-16(2,3)5-4-15-7-13-8(6-14)11-9(10)12-13/h14H,4-7H2,1-3H3. The summed E-state index contributed by atoms with van der Waals surface area (Å²) in [6, 6.07) is 1.12. The van der Waals surface area contributed by atoms with Crippen molar-refractivity contribution >= 4 is 24.0 Å². The largest absolute Gasteiger partial charge is 0.388 e. The van der Waals surface area contributed by atoms with Crippen LogP contribution in [0.2, 0.25) is 25.7 Å². The normalized spacial score (nSPS) is 12.1. The van der Waals surface area contributed by atoms with Crippen molar-refractivity contribution in [3.05, 3.63) is 10.6 Å². The molecule has 16 heavy (non-hydrogen) atoms. The molecule has 0 aliphatic carbocycles. The van der Waals surface area contributed by atoms with Crippen LogP contribution in [-0.4, -0.2) is 34.6 Å². The Kier molecular flexibility index (Phi) is 5.10. The summed E-state index contributed by atoms with van der Waals surface area (Å²) < 4.78 is 7.56. The number of aliphatic hydroxyl groups excluding tert-OH is 1. The third-order valence-electron chi connectivity index (χ3n) is 2.07. The third kappa shape index (κ3) is 4.73. The maximum atomic E-state index is 9.02. The van der Waals surface area contributed by atoms with E-state index < -0.39 is 8.07 Å². The van der Waals surface area contributed by atoms with Crippen LogP contribution in [0.1, 0.15) is 5.82 Å². The number of hydrogen-bond acceptors (Lipinski definition) is 4. The average Bonchev–Trinajstić information content (AvgIpc) is 2.52. The van der Waals surface area contributed by atoms with E-state index in [0.29, 0.717) is 17.3 Å². The lowest BCUT2D eigenvalue weighted by Crippen LogP contribution is -2.22. The topological polar surface area (TPSA) is 60.2 Å². The molecule has 7 heteroatoms. The van der Waals surface area contributed by atoms with Gasteiger partial charge in [-0.3, -0.25) is 0 Å². The lowest BCUT2D eigenvalue weighted by atomic mass is 10.6. The van der Waals surface area contributed by atoms with Crippen molar-refractivity contribution in [1.82, 2.24) is 14.8 Å². The summed E-state index contributed by atoms with van der Waals surface area (Å²) >= 11 is 3.16. The minimum atomic E-state index is -1.04. The van der Waals surface area contributed by atoms with E-state index in [0.717, 1.165) is 12.7 Å². The van der Waals surface area contributed by atoms with Crippen molar-refractivity contribution < 1.29 is 9.84 Å². The van der Waals surface area contributed by atoms with Gasteiger partial charge in [0.25, 0.3) is 0 Å². The molecule has 0 aromatic carbocycles. The van der Waals surface area contributed by atoms with E-state index >= 15 is 0 Å². The molecule has 92 valence electrons. The van der Waals surface area contributed by atoms with E-state index in [4.69, 9.17) is 9.84 Å². The fourth-order valence-corrected chi connectivity index (χ4v) is 2.25. The SMILES string of the molecule is C[Si](C)(C)CCOCn1nc(Br)nc1CO. The van der Waals surface area contributed by atoms with E-state index in [1.807, 2.05) is 0 Å². The molecule has 5 nitrogen and oxygen atoms in total. The Morgan fingerprint density at radius 2 is 2.12 bits per heavy atom. The highest BCUT2D eigenvalue weighted by atomic mass is 79.9. The van der Waals surface area contributed by atoms with Gasteiger partial charge in [-0.2, -0.15) is 0 Å². The zero-order valence-corrected chi connectivity index (χ0v) is 12.5. The number of nitrogens with zero attached hydrogens (tertiary/aromatic N) is 3. The van der Waals surface area contributed by atoms with Crippen LogP contribution in [0, 0.1) is 0 Å². The predicted molar refractivity (Wildman–Crippen MR) is 67.7 cm³/mol. The van der Waals surface area contributed by atoms with E-state index in [-0.39, 0.29) is 6.61 Å². The smallest absolute Gasteiger partial charge is 0.217 e. The van der Waals surface area contributed by atoms with Crippen molar-refractivity contribution in [3.63, 3.8) is 0 Å². The lowest BCUT2D eigenvalue weighted by molar-refractivity contribution is 0.0724. The Balaban J connectivity index is 2.37. The van der Waals surface area contributed by atoms with Gasteiger partial charge >= 0.3 is 0 Å². The zero-order chi connectivity index (χ0) is 12.2. The first-order chi connectivity index (χ1) is 7.42. The minimum absolute atomic E-state index is 0.129. The molecule has 0 saturated carbocycles.